The van der Waals surface area contributed by atoms with Crippen molar-refractivity contribution in [1.82, 2.24) is 15.1 Å². The lowest BCUT2D eigenvalue weighted by Gasteiger charge is -2.29. The van der Waals surface area contributed by atoms with Crippen molar-refractivity contribution in [2.75, 3.05) is 39.8 Å². The predicted molar refractivity (Wildman–Crippen MR) is 93.8 cm³/mol. The fourth-order valence-electron chi connectivity index (χ4n) is 2.53. The number of rotatable bonds is 5. The van der Waals surface area contributed by atoms with Crippen molar-refractivity contribution in [2.45, 2.75) is 19.4 Å². The molecule has 1 aromatic rings. The number of piperazine rings is 1. The number of nitrogens with one attached hydrogen (secondary N) is 1. The maximum Gasteiger partial charge on any atom is 0.223 e. The summed E-state index contributed by atoms with van der Waals surface area (Å²) in [5.41, 5.74) is 1.22. The molecular weight excluding hydrogens is 321 g/mol. The van der Waals surface area contributed by atoms with Gasteiger partial charge in [-0.05, 0) is 31.7 Å². The van der Waals surface area contributed by atoms with E-state index in [1.807, 2.05) is 29.2 Å². The van der Waals surface area contributed by atoms with E-state index in [-0.39, 0.29) is 24.4 Å². The Labute approximate surface area is 144 Å². The van der Waals surface area contributed by atoms with Gasteiger partial charge in [0, 0.05) is 50.2 Å². The minimum absolute atomic E-state index is 0. The highest BCUT2D eigenvalue weighted by Gasteiger charge is 2.18. The molecule has 1 unspecified atom stereocenters. The van der Waals surface area contributed by atoms with Gasteiger partial charge in [-0.25, -0.2) is 0 Å². The lowest BCUT2D eigenvalue weighted by Crippen LogP contribution is -2.47. The fraction of sp³-hybridized carbons (Fsp3) is 0.562. The lowest BCUT2D eigenvalue weighted by molar-refractivity contribution is -0.132. The molecule has 4 nitrogen and oxygen atoms in total. The second-order valence-electron chi connectivity index (χ2n) is 5.59. The standard InChI is InChI=1S/C16H24ClN3O.ClH/c1-13(14-3-5-15(17)6-4-14)19(2)10-7-16(21)20-11-8-18-9-12-20;/h3-6,13,18H,7-12H2,1-2H3;1H. The predicted octanol–water partition coefficient (Wildman–Crippen LogP) is 2.58. The van der Waals surface area contributed by atoms with Crippen LogP contribution >= 0.6 is 24.0 Å². The van der Waals surface area contributed by atoms with Gasteiger partial charge in [0.05, 0.1) is 0 Å². The van der Waals surface area contributed by atoms with Crippen LogP contribution in [0.15, 0.2) is 24.3 Å². The van der Waals surface area contributed by atoms with Crippen LogP contribution in [0.2, 0.25) is 5.02 Å². The molecule has 1 heterocycles. The van der Waals surface area contributed by atoms with Crippen LogP contribution in [0.5, 0.6) is 0 Å². The molecule has 1 saturated heterocycles. The van der Waals surface area contributed by atoms with Crippen molar-refractivity contribution in [3.05, 3.63) is 34.9 Å². The quantitative estimate of drug-likeness (QED) is 0.890. The van der Waals surface area contributed by atoms with E-state index in [9.17, 15) is 4.79 Å². The van der Waals surface area contributed by atoms with Crippen molar-refractivity contribution < 1.29 is 4.79 Å². The van der Waals surface area contributed by atoms with Crippen LogP contribution in [-0.4, -0.2) is 55.5 Å². The summed E-state index contributed by atoms with van der Waals surface area (Å²) in [5.74, 6) is 0.256. The van der Waals surface area contributed by atoms with Gasteiger partial charge in [-0.15, -0.1) is 12.4 Å². The van der Waals surface area contributed by atoms with Crippen molar-refractivity contribution in [2.24, 2.45) is 0 Å². The van der Waals surface area contributed by atoms with E-state index in [0.29, 0.717) is 6.42 Å². The van der Waals surface area contributed by atoms with Crippen molar-refractivity contribution in [3.63, 3.8) is 0 Å². The molecule has 2 rings (SSSR count). The van der Waals surface area contributed by atoms with Gasteiger partial charge in [-0.1, -0.05) is 23.7 Å². The van der Waals surface area contributed by atoms with Gasteiger partial charge in [0.25, 0.3) is 0 Å². The van der Waals surface area contributed by atoms with E-state index in [1.54, 1.807) is 0 Å². The van der Waals surface area contributed by atoms with E-state index in [1.165, 1.54) is 5.56 Å². The monoisotopic (exact) mass is 345 g/mol. The van der Waals surface area contributed by atoms with Crippen molar-refractivity contribution in [3.8, 4) is 0 Å². The Morgan fingerprint density at radius 1 is 1.32 bits per heavy atom. The lowest BCUT2D eigenvalue weighted by atomic mass is 10.1. The number of carbonyl (C=O) groups is 1. The first-order valence-corrected chi connectivity index (χ1v) is 7.90. The molecule has 22 heavy (non-hydrogen) atoms. The van der Waals surface area contributed by atoms with Crippen LogP contribution in [0.4, 0.5) is 0 Å². The zero-order valence-electron chi connectivity index (χ0n) is 13.2. The van der Waals surface area contributed by atoms with E-state index in [2.05, 4.69) is 24.2 Å². The Bertz CT molecular complexity index is 461. The SMILES string of the molecule is CC(c1ccc(Cl)cc1)N(C)CCC(=O)N1CCNCC1.Cl. The molecule has 0 spiro atoms. The first-order valence-electron chi connectivity index (χ1n) is 7.52. The fourth-order valence-corrected chi connectivity index (χ4v) is 2.66. The van der Waals surface area contributed by atoms with Gasteiger partial charge in [0.15, 0.2) is 0 Å². The van der Waals surface area contributed by atoms with Gasteiger partial charge >= 0.3 is 0 Å². The Morgan fingerprint density at radius 2 is 1.91 bits per heavy atom. The second kappa shape index (κ2) is 9.36. The average Bonchev–Trinajstić information content (AvgIpc) is 2.53. The molecule has 0 bridgehead atoms. The van der Waals surface area contributed by atoms with E-state index >= 15 is 0 Å². The number of hydrogen-bond acceptors (Lipinski definition) is 3. The first-order chi connectivity index (χ1) is 10.1. The van der Waals surface area contributed by atoms with Gasteiger partial charge in [0.2, 0.25) is 5.91 Å². The van der Waals surface area contributed by atoms with Gasteiger partial charge < -0.3 is 10.2 Å². The molecule has 1 N–H and O–H groups in total. The summed E-state index contributed by atoms with van der Waals surface area (Å²) in [5, 5.41) is 4.02. The summed E-state index contributed by atoms with van der Waals surface area (Å²) in [6.07, 6.45) is 0.578. The third-order valence-electron chi connectivity index (χ3n) is 4.16. The molecule has 1 amide bonds. The van der Waals surface area contributed by atoms with Gasteiger partial charge in [-0.3, -0.25) is 9.69 Å². The van der Waals surface area contributed by atoms with E-state index in [0.717, 1.165) is 37.7 Å². The number of halogens is 2. The smallest absolute Gasteiger partial charge is 0.223 e. The van der Waals surface area contributed by atoms with E-state index in [4.69, 9.17) is 11.6 Å². The molecule has 1 aromatic carbocycles. The van der Waals surface area contributed by atoms with Crippen molar-refractivity contribution >= 4 is 29.9 Å². The summed E-state index contributed by atoms with van der Waals surface area (Å²) in [6.45, 7) is 6.39. The summed E-state index contributed by atoms with van der Waals surface area (Å²) >= 11 is 5.92. The number of amides is 1. The Balaban J connectivity index is 0.00000242. The molecule has 6 heteroatoms. The molecule has 0 aromatic heterocycles. The highest BCUT2D eigenvalue weighted by atomic mass is 35.5. The highest BCUT2D eigenvalue weighted by molar-refractivity contribution is 6.30. The first kappa shape index (κ1) is 19.2. The minimum Gasteiger partial charge on any atom is -0.340 e. The normalized spacial score (nSPS) is 16.3. The number of benzene rings is 1. The largest absolute Gasteiger partial charge is 0.340 e. The third kappa shape index (κ3) is 5.43. The molecule has 124 valence electrons. The molecule has 0 saturated carbocycles. The minimum atomic E-state index is 0. The maximum atomic E-state index is 12.2. The molecular formula is C16H25Cl2N3O. The Hall–Kier alpha value is -0.810. The van der Waals surface area contributed by atoms with Crippen LogP contribution in [0.25, 0.3) is 0 Å². The molecule has 0 aliphatic carbocycles. The number of nitrogens with zero attached hydrogens (tertiary/aromatic N) is 2. The van der Waals surface area contributed by atoms with Crippen LogP contribution < -0.4 is 5.32 Å². The van der Waals surface area contributed by atoms with Crippen LogP contribution in [0.3, 0.4) is 0 Å². The van der Waals surface area contributed by atoms with Crippen molar-refractivity contribution in [1.29, 1.82) is 0 Å². The Morgan fingerprint density at radius 3 is 2.50 bits per heavy atom. The topological polar surface area (TPSA) is 35.6 Å². The molecule has 1 fully saturated rings. The maximum absolute atomic E-state index is 12.2. The van der Waals surface area contributed by atoms with Gasteiger partial charge in [-0.2, -0.15) is 0 Å². The molecule has 1 atom stereocenters. The Kier molecular flexibility index (Phi) is 8.18. The van der Waals surface area contributed by atoms with E-state index < -0.39 is 0 Å². The molecule has 1 aliphatic heterocycles. The summed E-state index contributed by atoms with van der Waals surface area (Å²) in [4.78, 5) is 16.3. The summed E-state index contributed by atoms with van der Waals surface area (Å²) in [6, 6.07) is 8.18. The summed E-state index contributed by atoms with van der Waals surface area (Å²) < 4.78 is 0. The second-order valence-corrected chi connectivity index (χ2v) is 6.03. The van der Waals surface area contributed by atoms with Crippen LogP contribution in [0, 0.1) is 0 Å². The molecule has 0 radical (unpaired) electrons. The third-order valence-corrected chi connectivity index (χ3v) is 4.41. The zero-order chi connectivity index (χ0) is 15.2. The highest BCUT2D eigenvalue weighted by Crippen LogP contribution is 2.20. The van der Waals surface area contributed by atoms with Crippen LogP contribution in [-0.2, 0) is 4.79 Å². The number of carbonyl (C=O) groups excluding carboxylic acids is 1. The average molecular weight is 346 g/mol. The summed E-state index contributed by atoms with van der Waals surface area (Å²) in [7, 11) is 2.06. The molecule has 1 aliphatic rings. The van der Waals surface area contributed by atoms with Gasteiger partial charge in [0.1, 0.15) is 0 Å². The van der Waals surface area contributed by atoms with Crippen LogP contribution in [0.1, 0.15) is 24.9 Å². The number of hydrogen-bond donors (Lipinski definition) is 1. The zero-order valence-corrected chi connectivity index (χ0v) is 14.8.